The highest BCUT2D eigenvalue weighted by Crippen LogP contribution is 2.17. The number of rotatable bonds is 5. The smallest absolute Gasteiger partial charge is 0.246 e. The number of amides is 1. The predicted molar refractivity (Wildman–Crippen MR) is 75.1 cm³/mol. The molecule has 1 N–H and O–H groups in total. The first-order valence-electron chi connectivity index (χ1n) is 7.13. The zero-order valence-corrected chi connectivity index (χ0v) is 11.9. The van der Waals surface area contributed by atoms with Gasteiger partial charge in [-0.3, -0.25) is 4.79 Å². The van der Waals surface area contributed by atoms with Gasteiger partial charge in [-0.1, -0.05) is 5.16 Å². The molecule has 22 heavy (non-hydrogen) atoms. The molecule has 1 aromatic carbocycles. The molecule has 0 bridgehead atoms. The summed E-state index contributed by atoms with van der Waals surface area (Å²) in [6.45, 7) is 1.55. The molecule has 7 heteroatoms. The summed E-state index contributed by atoms with van der Waals surface area (Å²) in [5.41, 5.74) is 0.658. The molecule has 1 fully saturated rings. The Kier molecular flexibility index (Phi) is 4.43. The van der Waals surface area contributed by atoms with Crippen molar-refractivity contribution in [3.05, 3.63) is 36.0 Å². The zero-order valence-electron chi connectivity index (χ0n) is 11.9. The van der Waals surface area contributed by atoms with Crippen molar-refractivity contribution in [2.75, 3.05) is 13.2 Å². The third-order valence-corrected chi connectivity index (χ3v) is 3.51. The minimum Gasteiger partial charge on any atom is -0.381 e. The second kappa shape index (κ2) is 6.65. The predicted octanol–water partition coefficient (Wildman–Crippen LogP) is 1.92. The maximum atomic E-state index is 12.9. The highest BCUT2D eigenvalue weighted by atomic mass is 19.1. The molecule has 1 aromatic heterocycles. The summed E-state index contributed by atoms with van der Waals surface area (Å²) in [6, 6.07) is 5.80. The Labute approximate surface area is 126 Å². The number of hydrogen-bond acceptors (Lipinski definition) is 5. The Morgan fingerprint density at radius 3 is 2.91 bits per heavy atom. The van der Waals surface area contributed by atoms with Crippen molar-refractivity contribution in [3.63, 3.8) is 0 Å². The lowest BCUT2D eigenvalue weighted by molar-refractivity contribution is -0.122. The Morgan fingerprint density at radius 1 is 1.36 bits per heavy atom. The third-order valence-electron chi connectivity index (χ3n) is 3.51. The van der Waals surface area contributed by atoms with Crippen molar-refractivity contribution >= 4 is 5.91 Å². The van der Waals surface area contributed by atoms with Gasteiger partial charge in [0.15, 0.2) is 0 Å². The summed E-state index contributed by atoms with van der Waals surface area (Å²) in [6.07, 6.45) is 1.36. The van der Waals surface area contributed by atoms with Gasteiger partial charge in [-0.05, 0) is 36.6 Å². The zero-order chi connectivity index (χ0) is 15.4. The lowest BCUT2D eigenvalue weighted by atomic mass is 10.1. The van der Waals surface area contributed by atoms with Crippen LogP contribution in [-0.4, -0.2) is 29.3 Å². The van der Waals surface area contributed by atoms with E-state index in [1.807, 2.05) is 0 Å². The number of carbonyl (C=O) groups excluding carboxylic acids is 1. The quantitative estimate of drug-likeness (QED) is 0.913. The van der Waals surface area contributed by atoms with Crippen molar-refractivity contribution in [1.82, 2.24) is 15.5 Å². The van der Waals surface area contributed by atoms with Crippen LogP contribution in [0, 0.1) is 11.7 Å². The molecule has 1 amide bonds. The maximum Gasteiger partial charge on any atom is 0.246 e. The van der Waals surface area contributed by atoms with Gasteiger partial charge in [0, 0.05) is 25.2 Å². The number of nitrogens with zero attached hydrogens (tertiary/aromatic N) is 2. The fraction of sp³-hybridized carbons (Fsp3) is 0.400. The second-order valence-electron chi connectivity index (χ2n) is 5.23. The van der Waals surface area contributed by atoms with Crippen LogP contribution in [0.15, 0.2) is 28.8 Å². The number of hydrogen-bond donors (Lipinski definition) is 1. The van der Waals surface area contributed by atoms with E-state index in [0.29, 0.717) is 30.3 Å². The Balaban J connectivity index is 1.53. The average molecular weight is 305 g/mol. The van der Waals surface area contributed by atoms with E-state index in [2.05, 4.69) is 15.5 Å². The molecular formula is C15H16FN3O3. The standard InChI is InChI=1S/C15H16FN3O3/c16-12-3-1-11(2-4-12)15-18-14(22-19-15)8-17-13(20)7-10-5-6-21-9-10/h1-4,10H,5-9H2,(H,17,20). The van der Waals surface area contributed by atoms with E-state index in [-0.39, 0.29) is 24.2 Å². The van der Waals surface area contributed by atoms with Gasteiger partial charge in [0.2, 0.25) is 17.6 Å². The second-order valence-corrected chi connectivity index (χ2v) is 5.23. The minimum absolute atomic E-state index is 0.0583. The molecular weight excluding hydrogens is 289 g/mol. The number of carbonyl (C=O) groups is 1. The number of aromatic nitrogens is 2. The Morgan fingerprint density at radius 2 is 2.18 bits per heavy atom. The van der Waals surface area contributed by atoms with Crippen molar-refractivity contribution in [2.24, 2.45) is 5.92 Å². The van der Waals surface area contributed by atoms with Gasteiger partial charge in [0.1, 0.15) is 5.82 Å². The average Bonchev–Trinajstić information content (AvgIpc) is 3.17. The number of ether oxygens (including phenoxy) is 1. The number of benzene rings is 1. The summed E-state index contributed by atoms with van der Waals surface area (Å²) in [4.78, 5) is 16.0. The van der Waals surface area contributed by atoms with E-state index < -0.39 is 0 Å². The highest BCUT2D eigenvalue weighted by Gasteiger charge is 2.19. The molecule has 3 rings (SSSR count). The van der Waals surface area contributed by atoms with Crippen LogP contribution >= 0.6 is 0 Å². The fourth-order valence-electron chi connectivity index (χ4n) is 2.30. The molecule has 0 saturated carbocycles. The molecule has 0 aliphatic carbocycles. The first-order chi connectivity index (χ1) is 10.7. The van der Waals surface area contributed by atoms with Gasteiger partial charge < -0.3 is 14.6 Å². The largest absolute Gasteiger partial charge is 0.381 e. The molecule has 0 spiro atoms. The van der Waals surface area contributed by atoms with Gasteiger partial charge >= 0.3 is 0 Å². The van der Waals surface area contributed by atoms with Crippen LogP contribution in [0.1, 0.15) is 18.7 Å². The van der Waals surface area contributed by atoms with Crippen molar-refractivity contribution < 1.29 is 18.4 Å². The summed E-state index contributed by atoms with van der Waals surface area (Å²) in [5, 5.41) is 6.57. The molecule has 1 aliphatic heterocycles. The summed E-state index contributed by atoms with van der Waals surface area (Å²) in [7, 11) is 0. The lowest BCUT2D eigenvalue weighted by Crippen LogP contribution is -2.25. The molecule has 2 aromatic rings. The van der Waals surface area contributed by atoms with Gasteiger partial charge in [-0.25, -0.2) is 4.39 Å². The molecule has 0 radical (unpaired) electrons. The maximum absolute atomic E-state index is 12.9. The monoisotopic (exact) mass is 305 g/mol. The molecule has 2 heterocycles. The number of nitrogens with one attached hydrogen (secondary N) is 1. The van der Waals surface area contributed by atoms with Crippen molar-refractivity contribution in [3.8, 4) is 11.4 Å². The van der Waals surface area contributed by atoms with E-state index in [1.54, 1.807) is 12.1 Å². The topological polar surface area (TPSA) is 77.2 Å². The van der Waals surface area contributed by atoms with Crippen LogP contribution in [0.3, 0.4) is 0 Å². The molecule has 1 saturated heterocycles. The van der Waals surface area contributed by atoms with Crippen LogP contribution in [-0.2, 0) is 16.1 Å². The molecule has 6 nitrogen and oxygen atoms in total. The Hall–Kier alpha value is -2.28. The normalized spacial score (nSPS) is 17.6. The SMILES string of the molecule is O=C(CC1CCOC1)NCc1nc(-c2ccc(F)cc2)no1. The molecule has 1 aliphatic rings. The first-order valence-corrected chi connectivity index (χ1v) is 7.13. The lowest BCUT2D eigenvalue weighted by Gasteiger charge is -2.06. The number of halogens is 1. The van der Waals surface area contributed by atoms with Crippen LogP contribution in [0.4, 0.5) is 4.39 Å². The molecule has 1 unspecified atom stereocenters. The third kappa shape index (κ3) is 3.67. The van der Waals surface area contributed by atoms with Gasteiger partial charge in [0.25, 0.3) is 0 Å². The van der Waals surface area contributed by atoms with E-state index in [4.69, 9.17) is 9.26 Å². The van der Waals surface area contributed by atoms with E-state index in [9.17, 15) is 9.18 Å². The first kappa shape index (κ1) is 14.6. The van der Waals surface area contributed by atoms with Crippen molar-refractivity contribution in [2.45, 2.75) is 19.4 Å². The van der Waals surface area contributed by atoms with Gasteiger partial charge in [0.05, 0.1) is 6.54 Å². The summed E-state index contributed by atoms with van der Waals surface area (Å²) < 4.78 is 23.2. The van der Waals surface area contributed by atoms with Crippen LogP contribution in [0.25, 0.3) is 11.4 Å². The fourth-order valence-corrected chi connectivity index (χ4v) is 2.30. The summed E-state index contributed by atoms with van der Waals surface area (Å²) >= 11 is 0. The Bertz CT molecular complexity index is 636. The highest BCUT2D eigenvalue weighted by molar-refractivity contribution is 5.76. The molecule has 116 valence electrons. The van der Waals surface area contributed by atoms with Crippen LogP contribution < -0.4 is 5.32 Å². The van der Waals surface area contributed by atoms with E-state index in [0.717, 1.165) is 13.0 Å². The van der Waals surface area contributed by atoms with Crippen LogP contribution in [0.5, 0.6) is 0 Å². The van der Waals surface area contributed by atoms with Gasteiger partial charge in [-0.2, -0.15) is 4.98 Å². The minimum atomic E-state index is -0.323. The van der Waals surface area contributed by atoms with Crippen molar-refractivity contribution in [1.29, 1.82) is 0 Å². The van der Waals surface area contributed by atoms with E-state index in [1.165, 1.54) is 12.1 Å². The molecule has 1 atom stereocenters. The summed E-state index contributed by atoms with van der Waals surface area (Å²) in [5.74, 6) is 0.592. The van der Waals surface area contributed by atoms with E-state index >= 15 is 0 Å². The van der Waals surface area contributed by atoms with Crippen LogP contribution in [0.2, 0.25) is 0 Å². The van der Waals surface area contributed by atoms with Gasteiger partial charge in [-0.15, -0.1) is 0 Å².